The molecule has 0 aliphatic rings. The molecule has 21 heavy (non-hydrogen) atoms. The van der Waals surface area contributed by atoms with Crippen molar-refractivity contribution in [2.24, 2.45) is 0 Å². The van der Waals surface area contributed by atoms with Crippen LogP contribution in [0.3, 0.4) is 0 Å². The molecule has 1 N–H and O–H groups in total. The van der Waals surface area contributed by atoms with E-state index in [1.165, 1.54) is 6.07 Å². The number of ether oxygens (including phenoxy) is 1. The summed E-state index contributed by atoms with van der Waals surface area (Å²) in [4.78, 5) is 0. The minimum absolute atomic E-state index is 0.0505. The second kappa shape index (κ2) is 7.05. The zero-order chi connectivity index (χ0) is 15.4. The molecule has 2 aromatic rings. The van der Waals surface area contributed by atoms with Crippen LogP contribution < -0.4 is 10.1 Å². The van der Waals surface area contributed by atoms with E-state index in [-0.39, 0.29) is 17.9 Å². The Morgan fingerprint density at radius 3 is 2.43 bits per heavy atom. The first kappa shape index (κ1) is 16.0. The van der Waals surface area contributed by atoms with Gasteiger partial charge in [-0.1, -0.05) is 34.1 Å². The SMILES string of the molecule is COc1ccccc1[C@@H](C)NC(C)c1cc(Br)ccc1F. The van der Waals surface area contributed by atoms with Crippen LogP contribution in [0, 0.1) is 5.82 Å². The summed E-state index contributed by atoms with van der Waals surface area (Å²) >= 11 is 3.38. The molecule has 0 amide bonds. The molecule has 2 nitrogen and oxygen atoms in total. The molecule has 1 unspecified atom stereocenters. The minimum Gasteiger partial charge on any atom is -0.496 e. The fourth-order valence-electron chi connectivity index (χ4n) is 2.43. The summed E-state index contributed by atoms with van der Waals surface area (Å²) in [5.41, 5.74) is 1.70. The molecule has 2 aromatic carbocycles. The van der Waals surface area contributed by atoms with Crippen LogP contribution in [0.1, 0.15) is 37.1 Å². The van der Waals surface area contributed by atoms with Gasteiger partial charge in [-0.05, 0) is 38.1 Å². The Balaban J connectivity index is 2.18. The van der Waals surface area contributed by atoms with Gasteiger partial charge in [0.2, 0.25) is 0 Å². The lowest BCUT2D eigenvalue weighted by atomic mass is 10.0. The summed E-state index contributed by atoms with van der Waals surface area (Å²) in [6, 6.07) is 12.8. The zero-order valence-electron chi connectivity index (χ0n) is 12.4. The first-order chi connectivity index (χ1) is 10.0. The van der Waals surface area contributed by atoms with Crippen LogP contribution in [0.15, 0.2) is 46.9 Å². The molecule has 0 bridgehead atoms. The third-order valence-electron chi connectivity index (χ3n) is 3.53. The molecule has 0 aromatic heterocycles. The Kier molecular flexibility index (Phi) is 5.37. The lowest BCUT2D eigenvalue weighted by molar-refractivity contribution is 0.395. The maximum Gasteiger partial charge on any atom is 0.128 e. The van der Waals surface area contributed by atoms with Gasteiger partial charge in [-0.3, -0.25) is 0 Å². The van der Waals surface area contributed by atoms with E-state index in [0.29, 0.717) is 5.56 Å². The van der Waals surface area contributed by atoms with Crippen molar-refractivity contribution < 1.29 is 9.13 Å². The Morgan fingerprint density at radius 1 is 1.05 bits per heavy atom. The molecule has 0 saturated carbocycles. The second-order valence-electron chi connectivity index (χ2n) is 5.02. The second-order valence-corrected chi connectivity index (χ2v) is 5.93. The number of hydrogen-bond donors (Lipinski definition) is 1. The van der Waals surface area contributed by atoms with E-state index >= 15 is 0 Å². The molecule has 0 aliphatic heterocycles. The fraction of sp³-hybridized carbons (Fsp3) is 0.294. The number of para-hydroxylation sites is 1. The third kappa shape index (κ3) is 3.83. The van der Waals surface area contributed by atoms with Gasteiger partial charge < -0.3 is 10.1 Å². The van der Waals surface area contributed by atoms with E-state index < -0.39 is 0 Å². The van der Waals surface area contributed by atoms with Gasteiger partial charge >= 0.3 is 0 Å². The maximum atomic E-state index is 13.9. The highest BCUT2D eigenvalue weighted by Gasteiger charge is 2.17. The van der Waals surface area contributed by atoms with Crippen molar-refractivity contribution in [2.45, 2.75) is 25.9 Å². The molecule has 0 aliphatic carbocycles. The highest BCUT2D eigenvalue weighted by atomic mass is 79.9. The number of rotatable bonds is 5. The summed E-state index contributed by atoms with van der Waals surface area (Å²) in [7, 11) is 1.66. The van der Waals surface area contributed by atoms with Crippen molar-refractivity contribution in [3.8, 4) is 5.75 Å². The molecule has 0 spiro atoms. The van der Waals surface area contributed by atoms with E-state index in [4.69, 9.17) is 4.74 Å². The van der Waals surface area contributed by atoms with Crippen molar-refractivity contribution in [1.82, 2.24) is 5.32 Å². The smallest absolute Gasteiger partial charge is 0.128 e. The predicted octanol–water partition coefficient (Wildman–Crippen LogP) is 5.01. The Bertz CT molecular complexity index is 617. The summed E-state index contributed by atoms with van der Waals surface area (Å²) in [5, 5.41) is 3.41. The van der Waals surface area contributed by atoms with Gasteiger partial charge in [0.05, 0.1) is 7.11 Å². The summed E-state index contributed by atoms with van der Waals surface area (Å²) in [6.45, 7) is 4.00. The first-order valence-corrected chi connectivity index (χ1v) is 7.66. The van der Waals surface area contributed by atoms with E-state index in [9.17, 15) is 4.39 Å². The van der Waals surface area contributed by atoms with Crippen LogP contribution in [0.4, 0.5) is 4.39 Å². The first-order valence-electron chi connectivity index (χ1n) is 6.87. The maximum absolute atomic E-state index is 13.9. The molecule has 0 heterocycles. The van der Waals surface area contributed by atoms with E-state index in [0.717, 1.165) is 15.8 Å². The Hall–Kier alpha value is -1.39. The molecule has 112 valence electrons. The molecular weight excluding hydrogens is 333 g/mol. The van der Waals surface area contributed by atoms with Gasteiger partial charge in [-0.2, -0.15) is 0 Å². The molecular formula is C17H19BrFNO. The van der Waals surface area contributed by atoms with Gasteiger partial charge in [0.1, 0.15) is 11.6 Å². The van der Waals surface area contributed by atoms with Crippen LogP contribution in [0.5, 0.6) is 5.75 Å². The molecule has 4 heteroatoms. The van der Waals surface area contributed by atoms with Crippen molar-refractivity contribution >= 4 is 15.9 Å². The van der Waals surface area contributed by atoms with Gasteiger partial charge in [0.25, 0.3) is 0 Å². The number of benzene rings is 2. The standard InChI is InChI=1S/C17H19BrFNO/c1-11(14-6-4-5-7-17(14)21-3)20-12(2)15-10-13(18)8-9-16(15)19/h4-12,20H,1-3H3/t11-,12?/m1/s1. The van der Waals surface area contributed by atoms with Crippen LogP contribution in [0.2, 0.25) is 0 Å². The summed E-state index contributed by atoms with van der Waals surface area (Å²) in [6.07, 6.45) is 0. The minimum atomic E-state index is -0.203. The van der Waals surface area contributed by atoms with Crippen molar-refractivity contribution in [3.05, 3.63) is 63.9 Å². The zero-order valence-corrected chi connectivity index (χ0v) is 13.9. The third-order valence-corrected chi connectivity index (χ3v) is 4.02. The molecule has 0 fully saturated rings. The van der Waals surface area contributed by atoms with Crippen molar-refractivity contribution in [1.29, 1.82) is 0 Å². The largest absolute Gasteiger partial charge is 0.496 e. The normalized spacial score (nSPS) is 13.8. The monoisotopic (exact) mass is 351 g/mol. The van der Waals surface area contributed by atoms with Crippen LogP contribution in [-0.2, 0) is 0 Å². The van der Waals surface area contributed by atoms with Gasteiger partial charge in [-0.15, -0.1) is 0 Å². The van der Waals surface area contributed by atoms with Gasteiger partial charge in [-0.25, -0.2) is 4.39 Å². The van der Waals surface area contributed by atoms with Gasteiger partial charge in [0, 0.05) is 27.7 Å². The summed E-state index contributed by atoms with van der Waals surface area (Å²) < 4.78 is 20.2. The Labute approximate surface area is 133 Å². The van der Waals surface area contributed by atoms with Crippen molar-refractivity contribution in [2.75, 3.05) is 7.11 Å². The summed E-state index contributed by atoms with van der Waals surface area (Å²) in [5.74, 6) is 0.629. The highest BCUT2D eigenvalue weighted by Crippen LogP contribution is 2.28. The lowest BCUT2D eigenvalue weighted by Gasteiger charge is -2.22. The number of nitrogens with one attached hydrogen (secondary N) is 1. The quantitative estimate of drug-likeness (QED) is 0.817. The number of hydrogen-bond acceptors (Lipinski definition) is 2. The number of methoxy groups -OCH3 is 1. The molecule has 2 atom stereocenters. The molecule has 2 rings (SSSR count). The van der Waals surface area contributed by atoms with E-state index in [1.807, 2.05) is 44.2 Å². The van der Waals surface area contributed by atoms with Crippen LogP contribution >= 0.6 is 15.9 Å². The number of halogens is 2. The molecule has 0 saturated heterocycles. The fourth-order valence-corrected chi connectivity index (χ4v) is 2.80. The van der Waals surface area contributed by atoms with Crippen molar-refractivity contribution in [3.63, 3.8) is 0 Å². The Morgan fingerprint density at radius 2 is 1.71 bits per heavy atom. The lowest BCUT2D eigenvalue weighted by Crippen LogP contribution is -2.23. The van der Waals surface area contributed by atoms with E-state index in [2.05, 4.69) is 21.2 Å². The predicted molar refractivity (Wildman–Crippen MR) is 87.1 cm³/mol. The van der Waals surface area contributed by atoms with Gasteiger partial charge in [0.15, 0.2) is 0 Å². The highest BCUT2D eigenvalue weighted by molar-refractivity contribution is 9.10. The van der Waals surface area contributed by atoms with Crippen LogP contribution in [0.25, 0.3) is 0 Å². The molecule has 0 radical (unpaired) electrons. The van der Waals surface area contributed by atoms with Crippen LogP contribution in [-0.4, -0.2) is 7.11 Å². The topological polar surface area (TPSA) is 21.3 Å². The average molecular weight is 352 g/mol. The average Bonchev–Trinajstić information content (AvgIpc) is 2.49. The van der Waals surface area contributed by atoms with E-state index in [1.54, 1.807) is 13.2 Å².